The van der Waals surface area contributed by atoms with Crippen LogP contribution in [-0.2, 0) is 12.8 Å². The molecule has 1 aromatic carbocycles. The van der Waals surface area contributed by atoms with Crippen LogP contribution in [0.1, 0.15) is 34.6 Å². The van der Waals surface area contributed by atoms with E-state index in [9.17, 15) is 5.26 Å². The smallest absolute Gasteiger partial charge is 0.145 e. The highest BCUT2D eigenvalue weighted by Gasteiger charge is 2.20. The van der Waals surface area contributed by atoms with E-state index in [-0.39, 0.29) is 0 Å². The number of nitrogens with zero attached hydrogens (tertiary/aromatic N) is 2. The molecule has 0 saturated heterocycles. The minimum absolute atomic E-state index is 0.688. The van der Waals surface area contributed by atoms with Crippen LogP contribution in [0, 0.1) is 11.3 Å². The molecule has 5 heteroatoms. The summed E-state index contributed by atoms with van der Waals surface area (Å²) in [6.45, 7) is 0. The maximum Gasteiger partial charge on any atom is 0.145 e. The predicted octanol–water partition coefficient (Wildman–Crippen LogP) is 6.27. The molecule has 1 aliphatic carbocycles. The van der Waals surface area contributed by atoms with Gasteiger partial charge in [-0.2, -0.15) is 5.26 Å². The minimum atomic E-state index is 0.688. The lowest BCUT2D eigenvalue weighted by molar-refractivity contribution is 0.575. The van der Waals surface area contributed by atoms with Crippen LogP contribution in [0.5, 0.6) is 0 Å². The number of halogens is 1. The number of thiophene rings is 1. The van der Waals surface area contributed by atoms with Crippen molar-refractivity contribution in [2.24, 2.45) is 4.99 Å². The molecular weight excluding hydrogens is 396 g/mol. The van der Waals surface area contributed by atoms with Gasteiger partial charge in [0.2, 0.25) is 0 Å². The quantitative estimate of drug-likeness (QED) is 0.477. The number of rotatable bonds is 3. The third-order valence-electron chi connectivity index (χ3n) is 4.33. The molecule has 0 atom stereocenters. The average molecular weight is 411 g/mol. The van der Waals surface area contributed by atoms with E-state index >= 15 is 0 Å². The molecule has 0 saturated carbocycles. The normalized spacial score (nSPS) is 13.8. The van der Waals surface area contributed by atoms with Crippen molar-refractivity contribution in [2.45, 2.75) is 25.7 Å². The number of hydrogen-bond acceptors (Lipinski definition) is 4. The first-order chi connectivity index (χ1) is 12.2. The number of aryl methyl sites for hydroxylation is 1. The van der Waals surface area contributed by atoms with Crippen LogP contribution in [0.4, 0.5) is 5.00 Å². The van der Waals surface area contributed by atoms with Crippen LogP contribution in [0.3, 0.4) is 0 Å². The third kappa shape index (κ3) is 3.33. The second-order valence-electron chi connectivity index (χ2n) is 5.97. The molecule has 2 heterocycles. The van der Waals surface area contributed by atoms with Crippen molar-refractivity contribution in [2.75, 3.05) is 0 Å². The Morgan fingerprint density at radius 1 is 1.12 bits per heavy atom. The van der Waals surface area contributed by atoms with Crippen LogP contribution in [0.2, 0.25) is 0 Å². The molecular formula is C20H15BrN2OS. The van der Waals surface area contributed by atoms with Crippen molar-refractivity contribution in [3.05, 3.63) is 62.6 Å². The second-order valence-corrected chi connectivity index (χ2v) is 7.97. The van der Waals surface area contributed by atoms with Gasteiger partial charge < -0.3 is 4.42 Å². The molecule has 0 fully saturated rings. The van der Waals surface area contributed by atoms with Crippen LogP contribution in [-0.4, -0.2) is 6.21 Å². The van der Waals surface area contributed by atoms with Crippen molar-refractivity contribution < 1.29 is 4.42 Å². The van der Waals surface area contributed by atoms with Gasteiger partial charge in [-0.25, -0.2) is 4.99 Å². The van der Waals surface area contributed by atoms with Crippen molar-refractivity contribution in [1.82, 2.24) is 0 Å². The summed E-state index contributed by atoms with van der Waals surface area (Å²) >= 11 is 5.08. The maximum atomic E-state index is 9.49. The molecule has 25 heavy (non-hydrogen) atoms. The Labute approximate surface area is 158 Å². The fourth-order valence-corrected chi connectivity index (χ4v) is 4.52. The van der Waals surface area contributed by atoms with Crippen molar-refractivity contribution in [3.8, 4) is 17.4 Å². The largest absolute Gasteiger partial charge is 0.455 e. The molecule has 0 spiro atoms. The summed E-state index contributed by atoms with van der Waals surface area (Å²) in [5.41, 5.74) is 2.98. The first-order valence-electron chi connectivity index (χ1n) is 8.19. The Morgan fingerprint density at radius 3 is 2.72 bits per heavy atom. The van der Waals surface area contributed by atoms with Gasteiger partial charge in [0, 0.05) is 14.9 Å². The monoisotopic (exact) mass is 410 g/mol. The predicted molar refractivity (Wildman–Crippen MR) is 105 cm³/mol. The Kier molecular flexibility index (Phi) is 4.56. The van der Waals surface area contributed by atoms with Gasteiger partial charge in [-0.05, 0) is 55.5 Å². The summed E-state index contributed by atoms with van der Waals surface area (Å²) in [5.74, 6) is 1.49. The van der Waals surface area contributed by atoms with Crippen LogP contribution in [0.15, 0.2) is 50.3 Å². The second kappa shape index (κ2) is 6.99. The number of aliphatic imine (C=N–C) groups is 1. The van der Waals surface area contributed by atoms with Gasteiger partial charge in [0.25, 0.3) is 0 Å². The molecule has 0 unspecified atom stereocenters. The Hall–Kier alpha value is -2.16. The lowest BCUT2D eigenvalue weighted by atomic mass is 9.96. The zero-order chi connectivity index (χ0) is 17.2. The lowest BCUT2D eigenvalue weighted by Gasteiger charge is -2.09. The molecule has 124 valence electrons. The number of hydrogen-bond donors (Lipinski definition) is 0. The van der Waals surface area contributed by atoms with Gasteiger partial charge in [0.05, 0.1) is 11.8 Å². The topological polar surface area (TPSA) is 49.3 Å². The SMILES string of the molecule is N#Cc1c(N=Cc2ccc(-c3ccc(Br)cc3)o2)sc2c1CCCC2. The van der Waals surface area contributed by atoms with E-state index in [1.807, 2.05) is 36.4 Å². The van der Waals surface area contributed by atoms with Gasteiger partial charge >= 0.3 is 0 Å². The Bertz CT molecular complexity index is 976. The van der Waals surface area contributed by atoms with E-state index in [0.29, 0.717) is 5.76 Å². The Balaban J connectivity index is 1.60. The minimum Gasteiger partial charge on any atom is -0.455 e. The first-order valence-corrected chi connectivity index (χ1v) is 9.80. The maximum absolute atomic E-state index is 9.49. The number of benzene rings is 1. The van der Waals surface area contributed by atoms with Crippen molar-refractivity contribution in [3.63, 3.8) is 0 Å². The van der Waals surface area contributed by atoms with Gasteiger partial charge in [0.1, 0.15) is 22.6 Å². The molecule has 2 aromatic heterocycles. The van der Waals surface area contributed by atoms with Crippen LogP contribution >= 0.6 is 27.3 Å². The molecule has 0 N–H and O–H groups in total. The molecule has 0 bridgehead atoms. The van der Waals surface area contributed by atoms with Gasteiger partial charge in [-0.3, -0.25) is 0 Å². The molecule has 4 rings (SSSR count). The van der Waals surface area contributed by atoms with E-state index in [4.69, 9.17) is 4.42 Å². The van der Waals surface area contributed by atoms with Crippen molar-refractivity contribution in [1.29, 1.82) is 5.26 Å². The summed E-state index contributed by atoms with van der Waals surface area (Å²) in [4.78, 5) is 5.87. The van der Waals surface area contributed by atoms with Gasteiger partial charge in [-0.15, -0.1) is 11.3 Å². The summed E-state index contributed by atoms with van der Waals surface area (Å²) in [6.07, 6.45) is 6.14. The van der Waals surface area contributed by atoms with Gasteiger partial charge in [0.15, 0.2) is 0 Å². The number of furan rings is 1. The molecule has 0 amide bonds. The highest BCUT2D eigenvalue weighted by molar-refractivity contribution is 9.10. The molecule has 3 aromatic rings. The highest BCUT2D eigenvalue weighted by atomic mass is 79.9. The standard InChI is InChI=1S/C20H15BrN2OS/c21-14-7-5-13(6-8-14)18-10-9-15(24-18)12-23-20-17(11-22)16-3-1-2-4-19(16)25-20/h5-10,12H,1-4H2. The van der Waals surface area contributed by atoms with E-state index in [2.05, 4.69) is 27.0 Å². The summed E-state index contributed by atoms with van der Waals surface area (Å²) < 4.78 is 6.90. The van der Waals surface area contributed by atoms with E-state index in [0.717, 1.165) is 45.6 Å². The van der Waals surface area contributed by atoms with Gasteiger partial charge in [-0.1, -0.05) is 28.1 Å². The van der Waals surface area contributed by atoms with Crippen LogP contribution in [0.25, 0.3) is 11.3 Å². The van der Waals surface area contributed by atoms with E-state index in [1.54, 1.807) is 17.6 Å². The van der Waals surface area contributed by atoms with E-state index in [1.165, 1.54) is 16.9 Å². The summed E-state index contributed by atoms with van der Waals surface area (Å²) in [6, 6.07) is 14.2. The summed E-state index contributed by atoms with van der Waals surface area (Å²) in [7, 11) is 0. The lowest BCUT2D eigenvalue weighted by Crippen LogP contribution is -1.99. The van der Waals surface area contributed by atoms with E-state index < -0.39 is 0 Å². The molecule has 0 aliphatic heterocycles. The fraction of sp³-hybridized carbons (Fsp3) is 0.200. The number of nitriles is 1. The van der Waals surface area contributed by atoms with Crippen LogP contribution < -0.4 is 0 Å². The zero-order valence-electron chi connectivity index (χ0n) is 13.5. The molecule has 0 radical (unpaired) electrons. The van der Waals surface area contributed by atoms with Crippen molar-refractivity contribution >= 4 is 38.5 Å². The fourth-order valence-electron chi connectivity index (χ4n) is 3.07. The summed E-state index contributed by atoms with van der Waals surface area (Å²) in [5, 5.41) is 10.3. The zero-order valence-corrected chi connectivity index (χ0v) is 15.9. The molecule has 1 aliphatic rings. The molecule has 3 nitrogen and oxygen atoms in total. The Morgan fingerprint density at radius 2 is 1.92 bits per heavy atom. The highest BCUT2D eigenvalue weighted by Crippen LogP contribution is 2.39. The first kappa shape index (κ1) is 16.3. The number of fused-ring (bicyclic) bond motifs is 1. The third-order valence-corrected chi connectivity index (χ3v) is 6.06. The average Bonchev–Trinajstić information content (AvgIpc) is 3.24.